The molecule has 2 unspecified atom stereocenters. The van der Waals surface area contributed by atoms with Gasteiger partial charge in [0, 0.05) is 37.5 Å². The second-order valence-electron chi connectivity index (χ2n) is 8.87. The number of thioether (sulfide) groups is 1. The maximum absolute atomic E-state index is 11.9. The van der Waals surface area contributed by atoms with E-state index in [-0.39, 0.29) is 36.6 Å². The van der Waals surface area contributed by atoms with E-state index in [0.29, 0.717) is 44.1 Å². The number of nitrogens with one attached hydrogen (secondary N) is 3. The molecule has 0 aromatic rings. The minimum Gasteiger partial charge on any atom is -0.469 e. The van der Waals surface area contributed by atoms with E-state index in [9.17, 15) is 14.4 Å². The molecule has 194 valence electrons. The third-order valence-corrected chi connectivity index (χ3v) is 7.99. The summed E-state index contributed by atoms with van der Waals surface area (Å²) in [5, 5.41) is 9.16. The highest BCUT2D eigenvalue weighted by Gasteiger charge is 2.42. The predicted octanol–water partition coefficient (Wildman–Crippen LogP) is 2.24. The van der Waals surface area contributed by atoms with E-state index in [0.717, 1.165) is 31.4 Å². The molecule has 11 nitrogen and oxygen atoms in total. The Bertz CT molecular complexity index is 689. The first-order valence-electron chi connectivity index (χ1n) is 12.0. The average molecular weight is 504 g/mol. The van der Waals surface area contributed by atoms with Crippen LogP contribution in [-0.2, 0) is 28.8 Å². The summed E-state index contributed by atoms with van der Waals surface area (Å²) in [7, 11) is 2.91. The Morgan fingerprint density at radius 1 is 1.21 bits per heavy atom. The number of carbonyl (C=O) groups is 3. The Hall–Kier alpha value is -1.76. The van der Waals surface area contributed by atoms with Crippen molar-refractivity contribution in [2.45, 2.75) is 87.0 Å². The van der Waals surface area contributed by atoms with Crippen LogP contribution in [0.1, 0.15) is 57.8 Å². The molecule has 3 amide bonds. The fourth-order valence-electron chi connectivity index (χ4n) is 4.45. The molecule has 0 bridgehead atoms. The number of alkyl carbamates (subject to hydrolysis) is 1. The summed E-state index contributed by atoms with van der Waals surface area (Å²) >= 11 is 1.90. The zero-order chi connectivity index (χ0) is 24.4. The first kappa shape index (κ1) is 26.8. The molecule has 3 fully saturated rings. The molecule has 3 N–H and O–H groups in total. The highest BCUT2D eigenvalue weighted by molar-refractivity contribution is 8.00. The standard InChI is InChI=1S/C22H37N3O8S/c1-29-18(26)13-15-8-10-22(30-2,33-32-15)9-4-6-12-31-21(28)23-11-5-3-7-17-19-16(14-34-17)24-20(27)25-19/h15-17,19H,3-14H2,1-2H3,(H,23,28)(H2,24,25,27)/t15?,16-,17-,19-,22?/m0/s1. The number of hydrogen-bond donors (Lipinski definition) is 3. The number of fused-ring (bicyclic) bond motifs is 1. The fourth-order valence-corrected chi connectivity index (χ4v) is 6.00. The van der Waals surface area contributed by atoms with Crippen molar-refractivity contribution in [1.29, 1.82) is 0 Å². The summed E-state index contributed by atoms with van der Waals surface area (Å²) in [5.74, 6) is -0.222. The number of unbranched alkanes of at least 4 members (excludes halogenated alkanes) is 2. The number of methoxy groups -OCH3 is 2. The summed E-state index contributed by atoms with van der Waals surface area (Å²) in [6.07, 6.45) is 5.52. The summed E-state index contributed by atoms with van der Waals surface area (Å²) in [5.41, 5.74) is 0. The lowest BCUT2D eigenvalue weighted by molar-refractivity contribution is -0.466. The van der Waals surface area contributed by atoms with E-state index < -0.39 is 11.9 Å². The minimum absolute atomic E-state index is 0.0639. The maximum Gasteiger partial charge on any atom is 0.407 e. The van der Waals surface area contributed by atoms with Crippen LogP contribution in [0.2, 0.25) is 0 Å². The third-order valence-electron chi connectivity index (χ3n) is 6.49. The van der Waals surface area contributed by atoms with Crippen LogP contribution in [0.4, 0.5) is 9.59 Å². The van der Waals surface area contributed by atoms with E-state index in [1.807, 2.05) is 11.8 Å². The molecule has 12 heteroatoms. The molecule has 5 atom stereocenters. The Morgan fingerprint density at radius 2 is 2.06 bits per heavy atom. The topological polar surface area (TPSA) is 133 Å². The fraction of sp³-hybridized carbons (Fsp3) is 0.864. The van der Waals surface area contributed by atoms with Crippen LogP contribution in [0.5, 0.6) is 0 Å². The molecule has 0 aromatic heterocycles. The SMILES string of the molecule is COC(=O)CC1CCC(CCCCOC(=O)NCCCC[C@@H]2SC[C@@H]3NC(=O)N[C@@H]32)(OC)OO1. The molecule has 3 rings (SSSR count). The quantitative estimate of drug-likeness (QED) is 0.150. The van der Waals surface area contributed by atoms with Crippen LogP contribution in [0, 0.1) is 0 Å². The number of amides is 3. The van der Waals surface area contributed by atoms with Crippen molar-refractivity contribution < 1.29 is 38.4 Å². The van der Waals surface area contributed by atoms with Crippen molar-refractivity contribution in [3.05, 3.63) is 0 Å². The summed E-state index contributed by atoms with van der Waals surface area (Å²) < 4.78 is 15.4. The van der Waals surface area contributed by atoms with Crippen molar-refractivity contribution in [3.8, 4) is 0 Å². The molecule has 0 aromatic carbocycles. The molecule has 0 saturated carbocycles. The van der Waals surface area contributed by atoms with Crippen molar-refractivity contribution in [2.24, 2.45) is 0 Å². The Labute approximate surface area is 204 Å². The molecule has 3 aliphatic rings. The maximum atomic E-state index is 11.9. The van der Waals surface area contributed by atoms with E-state index in [4.69, 9.17) is 19.2 Å². The molecule has 3 saturated heterocycles. The molecule has 3 heterocycles. The summed E-state index contributed by atoms with van der Waals surface area (Å²) in [6, 6.07) is 0.403. The number of hydrogen-bond acceptors (Lipinski definition) is 9. The van der Waals surface area contributed by atoms with Crippen molar-refractivity contribution in [3.63, 3.8) is 0 Å². The lowest BCUT2D eigenvalue weighted by atomic mass is 9.99. The summed E-state index contributed by atoms with van der Waals surface area (Å²) in [6.45, 7) is 0.881. The smallest absolute Gasteiger partial charge is 0.407 e. The van der Waals surface area contributed by atoms with Gasteiger partial charge >= 0.3 is 18.1 Å². The van der Waals surface area contributed by atoms with Crippen molar-refractivity contribution in [1.82, 2.24) is 16.0 Å². The predicted molar refractivity (Wildman–Crippen MR) is 124 cm³/mol. The van der Waals surface area contributed by atoms with Crippen molar-refractivity contribution in [2.75, 3.05) is 33.1 Å². The summed E-state index contributed by atoms with van der Waals surface area (Å²) in [4.78, 5) is 45.5. The molecule has 0 aliphatic carbocycles. The zero-order valence-corrected chi connectivity index (χ0v) is 20.8. The van der Waals surface area contributed by atoms with E-state index in [1.54, 1.807) is 7.11 Å². The molecular formula is C22H37N3O8S. The molecule has 3 aliphatic heterocycles. The third kappa shape index (κ3) is 7.89. The number of rotatable bonds is 13. The largest absolute Gasteiger partial charge is 0.469 e. The van der Waals surface area contributed by atoms with E-state index >= 15 is 0 Å². The highest BCUT2D eigenvalue weighted by atomic mass is 32.2. The van der Waals surface area contributed by atoms with E-state index in [1.165, 1.54) is 7.11 Å². The average Bonchev–Trinajstić information content (AvgIpc) is 3.39. The van der Waals surface area contributed by atoms with Crippen LogP contribution in [0.15, 0.2) is 0 Å². The molecule has 0 spiro atoms. The van der Waals surface area contributed by atoms with Gasteiger partial charge in [0.25, 0.3) is 0 Å². The minimum atomic E-state index is -0.843. The van der Waals surface area contributed by atoms with Gasteiger partial charge in [-0.1, -0.05) is 6.42 Å². The van der Waals surface area contributed by atoms with Gasteiger partial charge in [0.2, 0.25) is 5.79 Å². The van der Waals surface area contributed by atoms with Crippen LogP contribution in [-0.4, -0.2) is 80.4 Å². The highest BCUT2D eigenvalue weighted by Crippen LogP contribution is 2.34. The zero-order valence-electron chi connectivity index (χ0n) is 20.0. The number of carbonyl (C=O) groups excluding carboxylic acids is 3. The van der Waals surface area contributed by atoms with Gasteiger partial charge in [-0.3, -0.25) is 4.79 Å². The second kappa shape index (κ2) is 13.4. The van der Waals surface area contributed by atoms with Crippen LogP contribution in [0.25, 0.3) is 0 Å². The second-order valence-corrected chi connectivity index (χ2v) is 10.1. The van der Waals surface area contributed by atoms with Gasteiger partial charge in [-0.2, -0.15) is 11.8 Å². The van der Waals surface area contributed by atoms with Gasteiger partial charge in [-0.15, -0.1) is 0 Å². The van der Waals surface area contributed by atoms with Crippen molar-refractivity contribution >= 4 is 29.9 Å². The normalized spacial score (nSPS) is 30.2. The lowest BCUT2D eigenvalue weighted by Gasteiger charge is -2.37. The van der Waals surface area contributed by atoms with Gasteiger partial charge < -0.3 is 30.2 Å². The molecule has 0 radical (unpaired) electrons. The Kier molecular flexibility index (Phi) is 10.5. The van der Waals surface area contributed by atoms with Gasteiger partial charge in [0.15, 0.2) is 0 Å². The Balaban J connectivity index is 1.18. The van der Waals surface area contributed by atoms with Gasteiger partial charge in [0.1, 0.15) is 6.10 Å². The lowest BCUT2D eigenvalue weighted by Crippen LogP contribution is -2.42. The number of ether oxygens (including phenoxy) is 3. The van der Waals surface area contributed by atoms with Crippen LogP contribution in [0.3, 0.4) is 0 Å². The van der Waals surface area contributed by atoms with Gasteiger partial charge in [0.05, 0.1) is 32.2 Å². The molecular weight excluding hydrogens is 466 g/mol. The van der Waals surface area contributed by atoms with Crippen LogP contribution >= 0.6 is 11.8 Å². The first-order chi connectivity index (χ1) is 16.4. The number of esters is 1. The van der Waals surface area contributed by atoms with E-state index in [2.05, 4.69) is 20.7 Å². The molecule has 34 heavy (non-hydrogen) atoms. The van der Waals surface area contributed by atoms with Gasteiger partial charge in [-0.05, 0) is 32.1 Å². The van der Waals surface area contributed by atoms with Crippen LogP contribution < -0.4 is 16.0 Å². The number of urea groups is 1. The monoisotopic (exact) mass is 503 g/mol. The Morgan fingerprint density at radius 3 is 2.79 bits per heavy atom. The first-order valence-corrected chi connectivity index (χ1v) is 13.1. The van der Waals surface area contributed by atoms with Gasteiger partial charge in [-0.25, -0.2) is 19.4 Å².